The second-order valence-electron chi connectivity index (χ2n) is 4.30. The van der Waals surface area contributed by atoms with Gasteiger partial charge in [0.1, 0.15) is 5.78 Å². The summed E-state index contributed by atoms with van der Waals surface area (Å²) in [5.74, 6) is -1.66. The van der Waals surface area contributed by atoms with Crippen LogP contribution in [0.25, 0.3) is 0 Å². The maximum absolute atomic E-state index is 11.6. The Balaban J connectivity index is 4.28. The smallest absolute Gasteiger partial charge is 0.277 e. The van der Waals surface area contributed by atoms with Crippen molar-refractivity contribution in [1.82, 2.24) is 10.6 Å². The molecule has 20 heavy (non-hydrogen) atoms. The van der Waals surface area contributed by atoms with Crippen LogP contribution < -0.4 is 10.6 Å². The zero-order valence-corrected chi connectivity index (χ0v) is 12.3. The Bertz CT molecular complexity index is 460. The highest BCUT2D eigenvalue weighted by Crippen LogP contribution is 2.05. The highest BCUT2D eigenvalue weighted by atomic mass is 32.2. The van der Waals surface area contributed by atoms with E-state index in [2.05, 4.69) is 10.6 Å². The molecule has 0 saturated heterocycles. The highest BCUT2D eigenvalue weighted by Gasteiger charge is 2.31. The van der Waals surface area contributed by atoms with Gasteiger partial charge in [-0.15, -0.1) is 0 Å². The molecule has 0 radical (unpaired) electrons. The van der Waals surface area contributed by atoms with Crippen molar-refractivity contribution >= 4 is 27.7 Å². The number of carbonyl (C=O) groups excluding carboxylic acids is 3. The number of hydrogen-bond acceptors (Lipinski definition) is 5. The lowest BCUT2D eigenvalue weighted by Gasteiger charge is -2.13. The average Bonchev–Trinajstić information content (AvgIpc) is 2.30. The van der Waals surface area contributed by atoms with E-state index in [1.807, 2.05) is 6.92 Å². The minimum atomic E-state index is -4.64. The van der Waals surface area contributed by atoms with Gasteiger partial charge in [0.05, 0.1) is 0 Å². The molecular formula is C11H20N2O6S. The molecule has 1 atom stereocenters. The number of carbonyl (C=O) groups is 3. The van der Waals surface area contributed by atoms with E-state index >= 15 is 0 Å². The quantitative estimate of drug-likeness (QED) is 0.380. The van der Waals surface area contributed by atoms with Gasteiger partial charge in [-0.05, 0) is 13.3 Å². The van der Waals surface area contributed by atoms with Gasteiger partial charge in [0, 0.05) is 25.9 Å². The average molecular weight is 308 g/mol. The van der Waals surface area contributed by atoms with E-state index in [4.69, 9.17) is 4.55 Å². The van der Waals surface area contributed by atoms with Crippen LogP contribution >= 0.6 is 0 Å². The molecule has 9 heteroatoms. The SMILES string of the molecule is CCCC(=O)NCCNC(=O)C(CC(C)=O)S(=O)(=O)O. The van der Waals surface area contributed by atoms with E-state index < -0.39 is 33.5 Å². The lowest BCUT2D eigenvalue weighted by Crippen LogP contribution is -2.43. The van der Waals surface area contributed by atoms with Crippen LogP contribution in [0.5, 0.6) is 0 Å². The van der Waals surface area contributed by atoms with Crippen molar-refractivity contribution in [3.63, 3.8) is 0 Å². The van der Waals surface area contributed by atoms with E-state index in [0.717, 1.165) is 6.92 Å². The van der Waals surface area contributed by atoms with Gasteiger partial charge in [-0.2, -0.15) is 8.42 Å². The molecule has 0 aliphatic carbocycles. The van der Waals surface area contributed by atoms with Crippen molar-refractivity contribution in [3.05, 3.63) is 0 Å². The van der Waals surface area contributed by atoms with Crippen LogP contribution in [-0.2, 0) is 24.5 Å². The largest absolute Gasteiger partial charge is 0.354 e. The van der Waals surface area contributed by atoms with E-state index in [-0.39, 0.29) is 19.0 Å². The molecule has 0 fully saturated rings. The van der Waals surface area contributed by atoms with Crippen LogP contribution in [-0.4, -0.2) is 48.9 Å². The third-order valence-electron chi connectivity index (χ3n) is 2.35. The summed E-state index contributed by atoms with van der Waals surface area (Å²) in [6.07, 6.45) is 0.473. The second kappa shape index (κ2) is 8.64. The Hall–Kier alpha value is -1.48. The first kappa shape index (κ1) is 18.5. The fraction of sp³-hybridized carbons (Fsp3) is 0.727. The molecule has 0 aliphatic rings. The standard InChI is InChI=1S/C11H20N2O6S/c1-3-4-10(15)12-5-6-13-11(16)9(7-8(2)14)20(17,18)19/h9H,3-7H2,1-2H3,(H,12,15)(H,13,16)(H,17,18,19). The van der Waals surface area contributed by atoms with Crippen molar-refractivity contribution in [3.8, 4) is 0 Å². The predicted octanol–water partition coefficient (Wildman–Crippen LogP) is -0.746. The van der Waals surface area contributed by atoms with Crippen molar-refractivity contribution in [1.29, 1.82) is 0 Å². The Morgan fingerprint density at radius 3 is 2.15 bits per heavy atom. The summed E-state index contributed by atoms with van der Waals surface area (Å²) in [6.45, 7) is 3.12. The van der Waals surface area contributed by atoms with E-state index in [9.17, 15) is 22.8 Å². The van der Waals surface area contributed by atoms with E-state index in [1.165, 1.54) is 0 Å². The van der Waals surface area contributed by atoms with Crippen LogP contribution in [0, 0.1) is 0 Å². The molecule has 116 valence electrons. The van der Waals surface area contributed by atoms with Crippen LogP contribution in [0.3, 0.4) is 0 Å². The summed E-state index contributed by atoms with van der Waals surface area (Å²) >= 11 is 0. The Morgan fingerprint density at radius 1 is 1.15 bits per heavy atom. The first-order valence-electron chi connectivity index (χ1n) is 6.18. The molecule has 0 spiro atoms. The van der Waals surface area contributed by atoms with Gasteiger partial charge in [-0.1, -0.05) is 6.92 Å². The summed E-state index contributed by atoms with van der Waals surface area (Å²) in [6, 6.07) is 0. The van der Waals surface area contributed by atoms with Gasteiger partial charge in [0.2, 0.25) is 11.8 Å². The molecule has 0 aliphatic heterocycles. The summed E-state index contributed by atoms with van der Waals surface area (Å²) in [4.78, 5) is 33.6. The molecule has 0 bridgehead atoms. The number of rotatable bonds is 9. The predicted molar refractivity (Wildman–Crippen MR) is 71.6 cm³/mol. The second-order valence-corrected chi connectivity index (χ2v) is 5.90. The van der Waals surface area contributed by atoms with E-state index in [0.29, 0.717) is 12.8 Å². The third-order valence-corrected chi connectivity index (χ3v) is 3.45. The lowest BCUT2D eigenvalue weighted by atomic mass is 10.2. The molecule has 0 aromatic carbocycles. The van der Waals surface area contributed by atoms with Gasteiger partial charge in [-0.25, -0.2) is 0 Å². The number of amides is 2. The van der Waals surface area contributed by atoms with Crippen LogP contribution in [0.4, 0.5) is 0 Å². The summed E-state index contributed by atoms with van der Waals surface area (Å²) in [5, 5.41) is 2.96. The Kier molecular flexibility index (Phi) is 8.00. The summed E-state index contributed by atoms with van der Waals surface area (Å²) < 4.78 is 30.9. The zero-order chi connectivity index (χ0) is 15.8. The molecule has 0 heterocycles. The fourth-order valence-electron chi connectivity index (χ4n) is 1.41. The monoisotopic (exact) mass is 308 g/mol. The molecule has 0 rings (SSSR count). The number of Topliss-reactive ketones (excluding diaryl/α,β-unsaturated/α-hetero) is 1. The van der Waals surface area contributed by atoms with Gasteiger partial charge >= 0.3 is 0 Å². The zero-order valence-electron chi connectivity index (χ0n) is 11.5. The minimum absolute atomic E-state index is 0.0121. The van der Waals surface area contributed by atoms with Crippen molar-refractivity contribution in [2.24, 2.45) is 0 Å². The number of hydrogen-bond donors (Lipinski definition) is 3. The van der Waals surface area contributed by atoms with Crippen LogP contribution in [0.15, 0.2) is 0 Å². The fourth-order valence-corrected chi connectivity index (χ4v) is 2.21. The van der Waals surface area contributed by atoms with Gasteiger partial charge in [-0.3, -0.25) is 18.9 Å². The Labute approximate surface area is 118 Å². The van der Waals surface area contributed by atoms with Crippen molar-refractivity contribution in [2.45, 2.75) is 38.4 Å². The van der Waals surface area contributed by atoms with E-state index in [1.54, 1.807) is 0 Å². The molecule has 0 saturated carbocycles. The first-order chi connectivity index (χ1) is 9.18. The Morgan fingerprint density at radius 2 is 1.70 bits per heavy atom. The first-order valence-corrected chi connectivity index (χ1v) is 7.69. The molecule has 0 aromatic rings. The maximum atomic E-state index is 11.6. The molecule has 2 amide bonds. The van der Waals surface area contributed by atoms with Crippen molar-refractivity contribution in [2.75, 3.05) is 13.1 Å². The topological polar surface area (TPSA) is 130 Å². The normalized spacial score (nSPS) is 12.6. The van der Waals surface area contributed by atoms with Crippen molar-refractivity contribution < 1.29 is 27.4 Å². The summed E-state index contributed by atoms with van der Waals surface area (Å²) in [7, 11) is -4.64. The third kappa shape index (κ3) is 7.85. The molecular weight excluding hydrogens is 288 g/mol. The molecule has 8 nitrogen and oxygen atoms in total. The van der Waals surface area contributed by atoms with Gasteiger partial charge in [0.15, 0.2) is 5.25 Å². The minimum Gasteiger partial charge on any atom is -0.354 e. The van der Waals surface area contributed by atoms with Crippen LogP contribution in [0.2, 0.25) is 0 Å². The number of nitrogens with one attached hydrogen (secondary N) is 2. The van der Waals surface area contributed by atoms with Gasteiger partial charge in [0.25, 0.3) is 10.1 Å². The lowest BCUT2D eigenvalue weighted by molar-refractivity contribution is -0.124. The molecule has 1 unspecified atom stereocenters. The molecule has 3 N–H and O–H groups in total. The summed E-state index contributed by atoms with van der Waals surface area (Å²) in [5.41, 5.74) is 0. The van der Waals surface area contributed by atoms with Crippen LogP contribution in [0.1, 0.15) is 33.1 Å². The molecule has 0 aromatic heterocycles. The number of ketones is 1. The highest BCUT2D eigenvalue weighted by molar-refractivity contribution is 7.87. The van der Waals surface area contributed by atoms with Gasteiger partial charge < -0.3 is 10.6 Å². The maximum Gasteiger partial charge on any atom is 0.277 e.